The van der Waals surface area contributed by atoms with Crippen LogP contribution in [0.4, 0.5) is 0 Å². The summed E-state index contributed by atoms with van der Waals surface area (Å²) in [5.74, 6) is 1.19. The number of likely N-dealkylation sites (tertiary alicyclic amines) is 1. The van der Waals surface area contributed by atoms with Crippen LogP contribution in [0.3, 0.4) is 0 Å². The van der Waals surface area contributed by atoms with Gasteiger partial charge in [0.25, 0.3) is 0 Å². The summed E-state index contributed by atoms with van der Waals surface area (Å²) in [5.41, 5.74) is 0.668. The molecule has 0 atom stereocenters. The van der Waals surface area contributed by atoms with Crippen LogP contribution in [-0.4, -0.2) is 23.4 Å². The zero-order valence-electron chi connectivity index (χ0n) is 11.2. The molecule has 1 heterocycles. The minimum absolute atomic E-state index is 0.235. The number of amides is 1. The fourth-order valence-electron chi connectivity index (χ4n) is 3.55. The Hall–Kier alpha value is -0.530. The van der Waals surface area contributed by atoms with Crippen LogP contribution in [0.5, 0.6) is 0 Å². The van der Waals surface area contributed by atoms with Gasteiger partial charge in [0.15, 0.2) is 0 Å². The van der Waals surface area contributed by atoms with Gasteiger partial charge < -0.3 is 4.90 Å². The maximum Gasteiger partial charge on any atom is 0.222 e. The highest BCUT2D eigenvalue weighted by atomic mass is 16.2. The van der Waals surface area contributed by atoms with E-state index in [-0.39, 0.29) is 5.54 Å². The van der Waals surface area contributed by atoms with Gasteiger partial charge in [-0.3, -0.25) is 4.79 Å². The van der Waals surface area contributed by atoms with Crippen LogP contribution in [0.25, 0.3) is 0 Å². The highest BCUT2D eigenvalue weighted by Crippen LogP contribution is 2.47. The van der Waals surface area contributed by atoms with Crippen molar-refractivity contribution in [2.45, 2.75) is 64.8 Å². The average Bonchev–Trinajstić information content (AvgIpc) is 2.47. The minimum Gasteiger partial charge on any atom is -0.340 e. The van der Waals surface area contributed by atoms with Crippen LogP contribution < -0.4 is 0 Å². The molecule has 0 aromatic carbocycles. The SMILES string of the molecule is CN1C(=O)CCC12CCC(C(C)(C)C)CC2. The lowest BCUT2D eigenvalue weighted by Crippen LogP contribution is -2.47. The molecule has 1 saturated heterocycles. The predicted molar refractivity (Wildman–Crippen MR) is 66.1 cm³/mol. The van der Waals surface area contributed by atoms with Crippen LogP contribution in [0.1, 0.15) is 59.3 Å². The number of carbonyl (C=O) groups excluding carboxylic acids is 1. The topological polar surface area (TPSA) is 20.3 Å². The Morgan fingerprint density at radius 3 is 2.12 bits per heavy atom. The van der Waals surface area contributed by atoms with Crippen LogP contribution in [0, 0.1) is 11.3 Å². The molecular weight excluding hydrogens is 198 g/mol. The second-order valence-corrected chi connectivity index (χ2v) is 6.82. The van der Waals surface area contributed by atoms with Crippen molar-refractivity contribution in [3.05, 3.63) is 0 Å². The minimum atomic E-state index is 0.235. The molecule has 2 fully saturated rings. The first-order valence-corrected chi connectivity index (χ1v) is 6.62. The average molecular weight is 223 g/mol. The summed E-state index contributed by atoms with van der Waals surface area (Å²) < 4.78 is 0. The van der Waals surface area contributed by atoms with Crippen molar-refractivity contribution in [2.75, 3.05) is 7.05 Å². The van der Waals surface area contributed by atoms with Gasteiger partial charge >= 0.3 is 0 Å². The van der Waals surface area contributed by atoms with Crippen LogP contribution >= 0.6 is 0 Å². The Morgan fingerprint density at radius 2 is 1.75 bits per heavy atom. The van der Waals surface area contributed by atoms with E-state index < -0.39 is 0 Å². The molecule has 0 aromatic heterocycles. The molecular formula is C14H25NO. The number of hydrogen-bond acceptors (Lipinski definition) is 1. The summed E-state index contributed by atoms with van der Waals surface area (Å²) in [5, 5.41) is 0. The van der Waals surface area contributed by atoms with Crippen molar-refractivity contribution in [1.29, 1.82) is 0 Å². The Bertz CT molecular complexity index is 282. The third-order valence-electron chi connectivity index (χ3n) is 5.03. The lowest BCUT2D eigenvalue weighted by molar-refractivity contribution is -0.130. The monoisotopic (exact) mass is 223 g/mol. The van der Waals surface area contributed by atoms with Gasteiger partial charge in [-0.05, 0) is 43.4 Å². The summed E-state index contributed by atoms with van der Waals surface area (Å²) >= 11 is 0. The van der Waals surface area contributed by atoms with E-state index in [1.807, 2.05) is 11.9 Å². The van der Waals surface area contributed by atoms with Crippen molar-refractivity contribution in [3.8, 4) is 0 Å². The van der Waals surface area contributed by atoms with E-state index in [0.29, 0.717) is 11.3 Å². The standard InChI is InChI=1S/C14H25NO/c1-13(2,3)11-5-8-14(9-6-11)10-7-12(16)15(14)4/h11H,5-10H2,1-4H3. The second kappa shape index (κ2) is 3.75. The molecule has 1 aliphatic carbocycles. The summed E-state index contributed by atoms with van der Waals surface area (Å²) in [7, 11) is 2.01. The smallest absolute Gasteiger partial charge is 0.222 e. The number of rotatable bonds is 0. The van der Waals surface area contributed by atoms with Gasteiger partial charge in [0.05, 0.1) is 0 Å². The fourth-order valence-corrected chi connectivity index (χ4v) is 3.55. The number of hydrogen-bond donors (Lipinski definition) is 0. The molecule has 0 unspecified atom stereocenters. The number of carbonyl (C=O) groups is 1. The molecule has 0 N–H and O–H groups in total. The normalized spacial score (nSPS) is 36.1. The molecule has 0 aromatic rings. The first-order chi connectivity index (χ1) is 7.35. The van der Waals surface area contributed by atoms with E-state index in [4.69, 9.17) is 0 Å². The van der Waals surface area contributed by atoms with Gasteiger partial charge in [0, 0.05) is 19.0 Å². The van der Waals surface area contributed by atoms with Gasteiger partial charge in [-0.2, -0.15) is 0 Å². The molecule has 2 aliphatic rings. The Morgan fingerprint density at radius 1 is 1.19 bits per heavy atom. The van der Waals surface area contributed by atoms with Crippen LogP contribution in [0.15, 0.2) is 0 Å². The predicted octanol–water partition coefficient (Wildman–Crippen LogP) is 3.21. The summed E-state index contributed by atoms with van der Waals surface area (Å²) in [6.45, 7) is 7.04. The maximum absolute atomic E-state index is 11.7. The molecule has 2 heteroatoms. The van der Waals surface area contributed by atoms with Crippen molar-refractivity contribution >= 4 is 5.91 Å². The van der Waals surface area contributed by atoms with Crippen molar-refractivity contribution in [3.63, 3.8) is 0 Å². The van der Waals surface area contributed by atoms with Gasteiger partial charge in [-0.1, -0.05) is 20.8 Å². The molecule has 2 rings (SSSR count). The van der Waals surface area contributed by atoms with E-state index in [9.17, 15) is 4.79 Å². The van der Waals surface area contributed by atoms with Crippen molar-refractivity contribution in [1.82, 2.24) is 4.90 Å². The van der Waals surface area contributed by atoms with Crippen molar-refractivity contribution in [2.24, 2.45) is 11.3 Å². The molecule has 0 radical (unpaired) electrons. The summed E-state index contributed by atoms with van der Waals surface area (Å²) in [6, 6.07) is 0. The van der Waals surface area contributed by atoms with E-state index in [0.717, 1.165) is 18.8 Å². The van der Waals surface area contributed by atoms with Gasteiger partial charge in [0.2, 0.25) is 5.91 Å². The van der Waals surface area contributed by atoms with Crippen LogP contribution in [0.2, 0.25) is 0 Å². The largest absolute Gasteiger partial charge is 0.340 e. The Kier molecular flexibility index (Phi) is 2.80. The molecule has 1 saturated carbocycles. The Balaban J connectivity index is 2.02. The fraction of sp³-hybridized carbons (Fsp3) is 0.929. The zero-order chi connectivity index (χ0) is 12.0. The van der Waals surface area contributed by atoms with E-state index in [1.165, 1.54) is 25.7 Å². The summed E-state index contributed by atoms with van der Waals surface area (Å²) in [6.07, 6.45) is 6.90. The quantitative estimate of drug-likeness (QED) is 0.617. The lowest BCUT2D eigenvalue weighted by atomic mass is 9.67. The second-order valence-electron chi connectivity index (χ2n) is 6.82. The highest BCUT2D eigenvalue weighted by molar-refractivity contribution is 5.79. The molecule has 1 amide bonds. The molecule has 1 spiro atoms. The van der Waals surface area contributed by atoms with Gasteiger partial charge in [0.1, 0.15) is 0 Å². The summed E-state index contributed by atoms with van der Waals surface area (Å²) in [4.78, 5) is 13.7. The molecule has 92 valence electrons. The van der Waals surface area contributed by atoms with E-state index in [2.05, 4.69) is 20.8 Å². The zero-order valence-corrected chi connectivity index (χ0v) is 11.2. The first-order valence-electron chi connectivity index (χ1n) is 6.62. The Labute approximate surface area is 99.4 Å². The molecule has 1 aliphatic heterocycles. The first kappa shape index (κ1) is 11.9. The molecule has 2 nitrogen and oxygen atoms in total. The van der Waals surface area contributed by atoms with E-state index >= 15 is 0 Å². The van der Waals surface area contributed by atoms with Crippen molar-refractivity contribution < 1.29 is 4.79 Å². The maximum atomic E-state index is 11.7. The number of nitrogens with zero attached hydrogens (tertiary/aromatic N) is 1. The molecule has 16 heavy (non-hydrogen) atoms. The van der Waals surface area contributed by atoms with Gasteiger partial charge in [-0.25, -0.2) is 0 Å². The third-order valence-corrected chi connectivity index (χ3v) is 5.03. The molecule has 0 bridgehead atoms. The van der Waals surface area contributed by atoms with Gasteiger partial charge in [-0.15, -0.1) is 0 Å². The highest BCUT2D eigenvalue weighted by Gasteiger charge is 2.46. The lowest BCUT2D eigenvalue weighted by Gasteiger charge is -2.45. The van der Waals surface area contributed by atoms with Crippen LogP contribution in [-0.2, 0) is 4.79 Å². The third kappa shape index (κ3) is 1.87. The van der Waals surface area contributed by atoms with E-state index in [1.54, 1.807) is 0 Å².